The van der Waals surface area contributed by atoms with Crippen molar-refractivity contribution >= 4 is 44.1 Å². The normalized spacial score (nSPS) is 14.0. The second-order valence-electron chi connectivity index (χ2n) is 9.57. The first-order valence-corrected chi connectivity index (χ1v) is 15.1. The molecule has 9 nitrogen and oxygen atoms in total. The molecule has 1 saturated carbocycles. The van der Waals surface area contributed by atoms with Crippen LogP contribution in [0.3, 0.4) is 0 Å². The number of hydrogen-bond acceptors (Lipinski definition) is 8. The first-order chi connectivity index (χ1) is 19.8. The maximum Gasteiger partial charge on any atom is 0.490 e. The third-order valence-electron chi connectivity index (χ3n) is 6.60. The zero-order valence-electron chi connectivity index (χ0n) is 22.5. The zero-order chi connectivity index (χ0) is 30.7. The summed E-state index contributed by atoms with van der Waals surface area (Å²) in [6.07, 6.45) is -1.94. The van der Waals surface area contributed by atoms with Gasteiger partial charge in [0.15, 0.2) is 5.13 Å². The Morgan fingerprint density at radius 2 is 1.83 bits per heavy atom. The number of thiazole rings is 1. The van der Waals surface area contributed by atoms with E-state index in [0.29, 0.717) is 21.3 Å². The number of alkyl halides is 3. The summed E-state index contributed by atoms with van der Waals surface area (Å²) in [5.74, 6) is -3.36. The van der Waals surface area contributed by atoms with E-state index < -0.39 is 41.0 Å². The Morgan fingerprint density at radius 1 is 1.12 bits per heavy atom. The Kier molecular flexibility index (Phi) is 9.40. The van der Waals surface area contributed by atoms with Crippen LogP contribution < -0.4 is 14.8 Å². The largest absolute Gasteiger partial charge is 0.495 e. The van der Waals surface area contributed by atoms with Gasteiger partial charge in [0.2, 0.25) is 5.91 Å². The molecule has 1 heterocycles. The van der Waals surface area contributed by atoms with Gasteiger partial charge in [-0.05, 0) is 67.3 Å². The third kappa shape index (κ3) is 7.37. The van der Waals surface area contributed by atoms with Crippen LogP contribution in [-0.4, -0.2) is 45.2 Å². The fourth-order valence-corrected chi connectivity index (χ4v) is 6.73. The molecule has 15 heteroatoms. The Hall–Kier alpha value is -3.72. The number of hydrogen-bond donors (Lipinski definition) is 2. The van der Waals surface area contributed by atoms with Gasteiger partial charge in [-0.1, -0.05) is 24.2 Å². The van der Waals surface area contributed by atoms with Gasteiger partial charge in [0, 0.05) is 18.0 Å². The van der Waals surface area contributed by atoms with Gasteiger partial charge in [0.1, 0.15) is 16.5 Å². The van der Waals surface area contributed by atoms with Crippen molar-refractivity contribution in [3.8, 4) is 16.2 Å². The summed E-state index contributed by atoms with van der Waals surface area (Å²) in [5, 5.41) is 3.25. The predicted octanol–water partition coefficient (Wildman–Crippen LogP) is 5.84. The van der Waals surface area contributed by atoms with E-state index >= 15 is 0 Å². The number of carbonyl (C=O) groups is 2. The van der Waals surface area contributed by atoms with Crippen molar-refractivity contribution in [1.29, 1.82) is 0 Å². The smallest absolute Gasteiger partial charge is 0.490 e. The van der Waals surface area contributed by atoms with E-state index in [4.69, 9.17) is 4.74 Å². The number of aryl methyl sites for hydroxylation is 1. The molecule has 1 aliphatic rings. The van der Waals surface area contributed by atoms with Crippen LogP contribution in [0.5, 0.6) is 5.75 Å². The fraction of sp³-hybridized carbons (Fsp3) is 0.370. The SMILES string of the molecule is COc1ccc(-c2sc(NC(=O)C3CCCC3)nc2C)cc1S(=O)(=O)Nc1ccc(F)c(CCOC(=O)C(F)(F)F)c1. The van der Waals surface area contributed by atoms with Crippen LogP contribution >= 0.6 is 11.3 Å². The maximum atomic E-state index is 14.3. The molecule has 3 aromatic rings. The summed E-state index contributed by atoms with van der Waals surface area (Å²) in [6.45, 7) is 0.971. The number of sulfonamides is 1. The zero-order valence-corrected chi connectivity index (χ0v) is 24.1. The molecule has 0 saturated heterocycles. The average Bonchev–Trinajstić information content (AvgIpc) is 3.59. The average molecular weight is 630 g/mol. The second-order valence-corrected chi connectivity index (χ2v) is 12.2. The standard InChI is InChI=1S/C27H27F4N3O6S2/c1-15-23(41-26(32-15)33-24(35)16-5-3-4-6-16)18-7-10-21(39-2)22(14-18)42(37,38)34-19-8-9-20(28)17(13-19)11-12-40-25(36)27(29,30)31/h7-10,13-14,16,34H,3-6,11-12H2,1-2H3,(H,32,33,35). The monoisotopic (exact) mass is 629 g/mol. The molecular weight excluding hydrogens is 602 g/mol. The summed E-state index contributed by atoms with van der Waals surface area (Å²) in [5.41, 5.74) is 0.835. The number of benzene rings is 2. The van der Waals surface area contributed by atoms with E-state index in [2.05, 4.69) is 19.8 Å². The molecule has 0 unspecified atom stereocenters. The number of nitrogens with one attached hydrogen (secondary N) is 2. The molecule has 0 spiro atoms. The summed E-state index contributed by atoms with van der Waals surface area (Å²) in [6, 6.07) is 7.67. The van der Waals surface area contributed by atoms with Gasteiger partial charge in [-0.25, -0.2) is 22.6 Å². The lowest BCUT2D eigenvalue weighted by Gasteiger charge is -2.14. The topological polar surface area (TPSA) is 124 Å². The van der Waals surface area contributed by atoms with Crippen LogP contribution in [-0.2, 0) is 30.8 Å². The second kappa shape index (κ2) is 12.7. The van der Waals surface area contributed by atoms with Gasteiger partial charge in [0.25, 0.3) is 10.0 Å². The molecular formula is C27H27F4N3O6S2. The molecule has 1 amide bonds. The number of ether oxygens (including phenoxy) is 2. The molecule has 0 aliphatic heterocycles. The molecule has 42 heavy (non-hydrogen) atoms. The number of carbonyl (C=O) groups excluding carboxylic acids is 2. The van der Waals surface area contributed by atoms with Gasteiger partial charge in [-0.2, -0.15) is 13.2 Å². The van der Waals surface area contributed by atoms with Gasteiger partial charge in [0.05, 0.1) is 24.3 Å². The molecule has 1 aromatic heterocycles. The van der Waals surface area contributed by atoms with Crippen molar-refractivity contribution < 1.29 is 45.0 Å². The number of amides is 1. The highest BCUT2D eigenvalue weighted by molar-refractivity contribution is 7.92. The minimum Gasteiger partial charge on any atom is -0.495 e. The Labute approximate surface area is 243 Å². The van der Waals surface area contributed by atoms with Crippen molar-refractivity contribution in [3.05, 3.63) is 53.5 Å². The number of nitrogens with zero attached hydrogens (tertiary/aromatic N) is 1. The van der Waals surface area contributed by atoms with E-state index in [-0.39, 0.29) is 33.7 Å². The first-order valence-electron chi connectivity index (χ1n) is 12.8. The molecule has 0 bridgehead atoms. The number of anilines is 2. The molecule has 2 aromatic carbocycles. The highest BCUT2D eigenvalue weighted by atomic mass is 32.2. The molecule has 2 N–H and O–H groups in total. The highest BCUT2D eigenvalue weighted by Gasteiger charge is 2.40. The molecule has 0 radical (unpaired) electrons. The molecule has 1 fully saturated rings. The van der Waals surface area contributed by atoms with E-state index in [0.717, 1.165) is 43.9 Å². The van der Waals surface area contributed by atoms with Crippen molar-refractivity contribution in [1.82, 2.24) is 4.98 Å². The number of aromatic nitrogens is 1. The number of halogens is 4. The summed E-state index contributed by atoms with van der Waals surface area (Å²) in [7, 11) is -3.03. The summed E-state index contributed by atoms with van der Waals surface area (Å²) in [4.78, 5) is 28.3. The van der Waals surface area contributed by atoms with Crippen molar-refractivity contribution in [2.24, 2.45) is 5.92 Å². The van der Waals surface area contributed by atoms with E-state index in [1.165, 1.54) is 30.6 Å². The van der Waals surface area contributed by atoms with E-state index in [9.17, 15) is 35.6 Å². The van der Waals surface area contributed by atoms with Crippen LogP contribution in [0.1, 0.15) is 36.9 Å². The summed E-state index contributed by atoms with van der Waals surface area (Å²) < 4.78 is 89.8. The van der Waals surface area contributed by atoms with E-state index in [1.807, 2.05) is 0 Å². The van der Waals surface area contributed by atoms with Crippen LogP contribution in [0.2, 0.25) is 0 Å². The molecule has 0 atom stereocenters. The lowest BCUT2D eigenvalue weighted by atomic mass is 10.1. The third-order valence-corrected chi connectivity index (χ3v) is 9.13. The predicted molar refractivity (Wildman–Crippen MR) is 147 cm³/mol. The minimum absolute atomic E-state index is 0.0181. The van der Waals surface area contributed by atoms with Crippen molar-refractivity contribution in [2.45, 2.75) is 50.1 Å². The van der Waals surface area contributed by atoms with Gasteiger partial charge in [-0.15, -0.1) is 0 Å². The number of methoxy groups -OCH3 is 1. The number of esters is 1. The van der Waals surface area contributed by atoms with Gasteiger partial charge in [-0.3, -0.25) is 9.52 Å². The summed E-state index contributed by atoms with van der Waals surface area (Å²) >= 11 is 1.20. The maximum absolute atomic E-state index is 14.3. The lowest BCUT2D eigenvalue weighted by molar-refractivity contribution is -0.199. The fourth-order valence-electron chi connectivity index (χ4n) is 4.52. The quantitative estimate of drug-likeness (QED) is 0.213. The van der Waals surface area contributed by atoms with Crippen LogP contribution in [0, 0.1) is 18.7 Å². The number of rotatable bonds is 10. The van der Waals surface area contributed by atoms with Crippen LogP contribution in [0.25, 0.3) is 10.4 Å². The first kappa shape index (κ1) is 31.2. The van der Waals surface area contributed by atoms with Crippen molar-refractivity contribution in [2.75, 3.05) is 23.8 Å². The Bertz CT molecular complexity index is 1580. The molecule has 226 valence electrons. The van der Waals surface area contributed by atoms with Crippen LogP contribution in [0.4, 0.5) is 28.4 Å². The minimum atomic E-state index is -5.19. The van der Waals surface area contributed by atoms with Gasteiger partial charge < -0.3 is 14.8 Å². The Morgan fingerprint density at radius 3 is 2.50 bits per heavy atom. The molecule has 1 aliphatic carbocycles. The molecule has 4 rings (SSSR count). The van der Waals surface area contributed by atoms with Crippen LogP contribution in [0.15, 0.2) is 41.3 Å². The highest BCUT2D eigenvalue weighted by Crippen LogP contribution is 2.37. The van der Waals surface area contributed by atoms with Gasteiger partial charge >= 0.3 is 12.1 Å². The van der Waals surface area contributed by atoms with Crippen molar-refractivity contribution in [3.63, 3.8) is 0 Å². The lowest BCUT2D eigenvalue weighted by Crippen LogP contribution is -2.26. The van der Waals surface area contributed by atoms with E-state index in [1.54, 1.807) is 13.0 Å². The Balaban J connectivity index is 1.54.